The van der Waals surface area contributed by atoms with Gasteiger partial charge in [-0.2, -0.15) is 0 Å². The van der Waals surface area contributed by atoms with E-state index in [4.69, 9.17) is 9.15 Å². The van der Waals surface area contributed by atoms with Crippen molar-refractivity contribution in [3.63, 3.8) is 0 Å². The smallest absolute Gasteiger partial charge is 0.221 e. The van der Waals surface area contributed by atoms with Crippen LogP contribution < -0.4 is 4.74 Å². The summed E-state index contributed by atoms with van der Waals surface area (Å²) < 4.78 is 11.0. The average molecular weight is 318 g/mol. The maximum atomic E-state index is 12.0. The lowest BCUT2D eigenvalue weighted by molar-refractivity contribution is 0.102. The maximum Gasteiger partial charge on any atom is 0.221 e. The maximum absolute atomic E-state index is 12.0. The van der Waals surface area contributed by atoms with Crippen molar-refractivity contribution in [1.29, 1.82) is 0 Å². The molecule has 0 radical (unpaired) electrons. The molecule has 0 saturated heterocycles. The zero-order valence-corrected chi connectivity index (χ0v) is 13.4. The van der Waals surface area contributed by atoms with E-state index in [1.807, 2.05) is 61.5 Å². The largest absolute Gasteiger partial charge is 0.489 e. The van der Waals surface area contributed by atoms with Crippen molar-refractivity contribution in [3.8, 4) is 5.75 Å². The van der Waals surface area contributed by atoms with E-state index < -0.39 is 0 Å². The second-order valence-electron chi connectivity index (χ2n) is 5.45. The zero-order valence-electron chi connectivity index (χ0n) is 13.4. The van der Waals surface area contributed by atoms with E-state index in [2.05, 4.69) is 0 Å². The number of rotatable bonds is 6. The fourth-order valence-corrected chi connectivity index (χ4v) is 2.24. The van der Waals surface area contributed by atoms with Crippen molar-refractivity contribution in [2.45, 2.75) is 13.5 Å². The van der Waals surface area contributed by atoms with Crippen LogP contribution in [0.25, 0.3) is 6.08 Å². The summed E-state index contributed by atoms with van der Waals surface area (Å²) in [6.07, 6.45) is 3.28. The number of carbonyl (C=O) groups is 1. The number of aryl methyl sites for hydroxylation is 1. The minimum Gasteiger partial charge on any atom is -0.489 e. The van der Waals surface area contributed by atoms with Gasteiger partial charge in [0.05, 0.1) is 0 Å². The standard InChI is InChI=1S/C21H18O3/c1-16-7-14-21(24-16)20(22)13-10-17-8-11-19(12-9-17)23-15-18-5-3-2-4-6-18/h2-14H,15H2,1H3. The summed E-state index contributed by atoms with van der Waals surface area (Å²) >= 11 is 0. The molecule has 24 heavy (non-hydrogen) atoms. The molecule has 0 atom stereocenters. The van der Waals surface area contributed by atoms with Crippen LogP contribution >= 0.6 is 0 Å². The number of ketones is 1. The van der Waals surface area contributed by atoms with Crippen LogP contribution in [-0.2, 0) is 6.61 Å². The monoisotopic (exact) mass is 318 g/mol. The molecule has 3 heteroatoms. The van der Waals surface area contributed by atoms with Gasteiger partial charge in [-0.25, -0.2) is 0 Å². The van der Waals surface area contributed by atoms with E-state index in [1.165, 1.54) is 6.08 Å². The van der Waals surface area contributed by atoms with E-state index in [0.29, 0.717) is 12.4 Å². The van der Waals surface area contributed by atoms with Crippen molar-refractivity contribution < 1.29 is 13.9 Å². The van der Waals surface area contributed by atoms with Gasteiger partial charge < -0.3 is 9.15 Å². The van der Waals surface area contributed by atoms with Gasteiger partial charge in [0.25, 0.3) is 0 Å². The van der Waals surface area contributed by atoms with Gasteiger partial charge in [-0.3, -0.25) is 4.79 Å². The van der Waals surface area contributed by atoms with Crippen LogP contribution in [0.15, 0.2) is 77.2 Å². The highest BCUT2D eigenvalue weighted by Gasteiger charge is 2.05. The molecule has 0 amide bonds. The molecule has 0 bridgehead atoms. The first-order chi connectivity index (χ1) is 11.7. The first kappa shape index (κ1) is 15.8. The molecule has 0 aliphatic rings. The van der Waals surface area contributed by atoms with Crippen LogP contribution in [0.5, 0.6) is 5.75 Å². The SMILES string of the molecule is Cc1ccc(C(=O)C=Cc2ccc(OCc3ccccc3)cc2)o1. The molecule has 3 nitrogen and oxygen atoms in total. The number of carbonyl (C=O) groups excluding carboxylic acids is 1. The van der Waals surface area contributed by atoms with Gasteiger partial charge in [-0.05, 0) is 48.4 Å². The van der Waals surface area contributed by atoms with Crippen LogP contribution in [0.1, 0.15) is 27.4 Å². The second kappa shape index (κ2) is 7.47. The molecule has 0 unspecified atom stereocenters. The van der Waals surface area contributed by atoms with E-state index in [-0.39, 0.29) is 5.78 Å². The van der Waals surface area contributed by atoms with Crippen molar-refractivity contribution in [3.05, 3.63) is 95.5 Å². The minimum atomic E-state index is -0.146. The lowest BCUT2D eigenvalue weighted by Gasteiger charge is -2.06. The predicted octanol–water partition coefficient (Wildman–Crippen LogP) is 5.06. The first-order valence-corrected chi connectivity index (χ1v) is 7.76. The van der Waals surface area contributed by atoms with Gasteiger partial charge in [-0.1, -0.05) is 48.5 Å². The molecular formula is C21H18O3. The molecule has 0 spiro atoms. The fraction of sp³-hybridized carbons (Fsp3) is 0.0952. The Bertz CT molecular complexity index is 827. The fourth-order valence-electron chi connectivity index (χ4n) is 2.24. The lowest BCUT2D eigenvalue weighted by atomic mass is 10.1. The molecule has 3 rings (SSSR count). The highest BCUT2D eigenvalue weighted by Crippen LogP contribution is 2.16. The molecule has 120 valence electrons. The third kappa shape index (κ3) is 4.23. The van der Waals surface area contributed by atoms with E-state index in [0.717, 1.165) is 22.6 Å². The Balaban J connectivity index is 1.58. The van der Waals surface area contributed by atoms with Gasteiger partial charge in [0.2, 0.25) is 5.78 Å². The van der Waals surface area contributed by atoms with Crippen LogP contribution in [0, 0.1) is 6.92 Å². The van der Waals surface area contributed by atoms with Gasteiger partial charge >= 0.3 is 0 Å². The second-order valence-corrected chi connectivity index (χ2v) is 5.45. The number of hydrogen-bond donors (Lipinski definition) is 0. The Morgan fingerprint density at radius 2 is 1.75 bits per heavy atom. The molecular weight excluding hydrogens is 300 g/mol. The summed E-state index contributed by atoms with van der Waals surface area (Å²) in [5.74, 6) is 1.73. The Morgan fingerprint density at radius 1 is 1.00 bits per heavy atom. The Hall–Kier alpha value is -3.07. The van der Waals surface area contributed by atoms with Crippen LogP contribution in [-0.4, -0.2) is 5.78 Å². The molecule has 0 aliphatic carbocycles. The summed E-state index contributed by atoms with van der Waals surface area (Å²) in [6.45, 7) is 2.35. The molecule has 1 heterocycles. The van der Waals surface area contributed by atoms with Crippen molar-refractivity contribution in [2.24, 2.45) is 0 Å². The van der Waals surface area contributed by atoms with E-state index in [1.54, 1.807) is 18.2 Å². The summed E-state index contributed by atoms with van der Waals surface area (Å²) in [5, 5.41) is 0. The normalized spacial score (nSPS) is 10.9. The van der Waals surface area contributed by atoms with Crippen molar-refractivity contribution >= 4 is 11.9 Å². The number of hydrogen-bond acceptors (Lipinski definition) is 3. The molecule has 3 aromatic rings. The molecule has 0 fully saturated rings. The van der Waals surface area contributed by atoms with Crippen LogP contribution in [0.2, 0.25) is 0 Å². The van der Waals surface area contributed by atoms with Crippen LogP contribution in [0.4, 0.5) is 0 Å². The molecule has 0 saturated carbocycles. The topological polar surface area (TPSA) is 39.4 Å². The van der Waals surface area contributed by atoms with Gasteiger partial charge in [0.1, 0.15) is 18.1 Å². The Labute approximate surface area is 141 Å². The minimum absolute atomic E-state index is 0.146. The third-order valence-electron chi connectivity index (χ3n) is 3.54. The zero-order chi connectivity index (χ0) is 16.8. The predicted molar refractivity (Wildman–Crippen MR) is 94.0 cm³/mol. The summed E-state index contributed by atoms with van der Waals surface area (Å²) in [5.41, 5.74) is 2.06. The highest BCUT2D eigenvalue weighted by molar-refractivity contribution is 6.04. The molecule has 0 aliphatic heterocycles. The van der Waals surface area contributed by atoms with Gasteiger partial charge in [0, 0.05) is 0 Å². The number of ether oxygens (including phenoxy) is 1. The number of allylic oxidation sites excluding steroid dienone is 1. The molecule has 2 aromatic carbocycles. The van der Waals surface area contributed by atoms with Crippen LogP contribution in [0.3, 0.4) is 0 Å². The summed E-state index contributed by atoms with van der Waals surface area (Å²) in [4.78, 5) is 12.0. The Morgan fingerprint density at radius 3 is 2.42 bits per heavy atom. The van der Waals surface area contributed by atoms with Crippen molar-refractivity contribution in [1.82, 2.24) is 0 Å². The lowest BCUT2D eigenvalue weighted by Crippen LogP contribution is -1.94. The first-order valence-electron chi connectivity index (χ1n) is 7.76. The average Bonchev–Trinajstić information content (AvgIpc) is 3.06. The van der Waals surface area contributed by atoms with Crippen molar-refractivity contribution in [2.75, 3.05) is 0 Å². The highest BCUT2D eigenvalue weighted by atomic mass is 16.5. The number of benzene rings is 2. The number of furan rings is 1. The summed E-state index contributed by atoms with van der Waals surface area (Å²) in [6, 6.07) is 21.1. The summed E-state index contributed by atoms with van der Waals surface area (Å²) in [7, 11) is 0. The van der Waals surface area contributed by atoms with Gasteiger partial charge in [0.15, 0.2) is 5.76 Å². The van der Waals surface area contributed by atoms with E-state index in [9.17, 15) is 4.79 Å². The third-order valence-corrected chi connectivity index (χ3v) is 3.54. The molecule has 1 aromatic heterocycles. The van der Waals surface area contributed by atoms with E-state index >= 15 is 0 Å². The van der Waals surface area contributed by atoms with Gasteiger partial charge in [-0.15, -0.1) is 0 Å². The molecule has 0 N–H and O–H groups in total. The quantitative estimate of drug-likeness (QED) is 0.471. The Kier molecular flexibility index (Phi) is 4.92.